The Balaban J connectivity index is 2.79. The normalized spacial score (nSPS) is 25.1. The number of hydrogen-bond donors (Lipinski definition) is 0. The van der Waals surface area contributed by atoms with Crippen molar-refractivity contribution in [3.8, 4) is 0 Å². The van der Waals surface area contributed by atoms with E-state index in [1.807, 2.05) is 13.8 Å². The molecule has 2 unspecified atom stereocenters. The third kappa shape index (κ3) is 3.72. The molecule has 0 N–H and O–H groups in total. The van der Waals surface area contributed by atoms with Crippen molar-refractivity contribution in [1.82, 2.24) is 0 Å². The van der Waals surface area contributed by atoms with Gasteiger partial charge in [0.1, 0.15) is 5.60 Å². The summed E-state index contributed by atoms with van der Waals surface area (Å²) in [6.07, 6.45) is 4.49. The third-order valence-electron chi connectivity index (χ3n) is 3.41. The quantitative estimate of drug-likeness (QED) is 0.422. The second-order valence-electron chi connectivity index (χ2n) is 5.94. The van der Waals surface area contributed by atoms with Crippen LogP contribution in [0.4, 0.5) is 0 Å². The van der Waals surface area contributed by atoms with Crippen LogP contribution in [0.5, 0.6) is 0 Å². The fraction of sp³-hybridized carbons (Fsp3) is 0.667. The molecule has 17 heavy (non-hydrogen) atoms. The maximum Gasteiger partial charge on any atom is 0.333 e. The molecule has 0 aromatic carbocycles. The third-order valence-corrected chi connectivity index (χ3v) is 3.41. The Labute approximate surface area is 105 Å². The first-order valence-corrected chi connectivity index (χ1v) is 6.28. The number of ether oxygens (including phenoxy) is 1. The van der Waals surface area contributed by atoms with Crippen LogP contribution in [0.3, 0.4) is 0 Å². The summed E-state index contributed by atoms with van der Waals surface area (Å²) in [5.41, 5.74) is 1.40. The molecule has 0 bridgehead atoms. The van der Waals surface area contributed by atoms with Crippen LogP contribution in [0, 0.1) is 11.8 Å². The van der Waals surface area contributed by atoms with Gasteiger partial charge in [-0.2, -0.15) is 0 Å². The molecule has 0 aromatic heterocycles. The van der Waals surface area contributed by atoms with Crippen molar-refractivity contribution in [2.24, 2.45) is 11.8 Å². The van der Waals surface area contributed by atoms with Crippen LogP contribution < -0.4 is 0 Å². The van der Waals surface area contributed by atoms with E-state index < -0.39 is 5.60 Å². The van der Waals surface area contributed by atoms with Crippen LogP contribution in [0.1, 0.15) is 47.5 Å². The zero-order valence-electron chi connectivity index (χ0n) is 11.7. The lowest BCUT2D eigenvalue weighted by Gasteiger charge is -2.37. The van der Waals surface area contributed by atoms with E-state index >= 15 is 0 Å². The number of esters is 1. The van der Waals surface area contributed by atoms with Crippen molar-refractivity contribution < 1.29 is 9.53 Å². The summed E-state index contributed by atoms with van der Waals surface area (Å²) >= 11 is 0. The van der Waals surface area contributed by atoms with Crippen molar-refractivity contribution >= 4 is 5.97 Å². The van der Waals surface area contributed by atoms with Crippen molar-refractivity contribution in [2.75, 3.05) is 0 Å². The molecule has 1 rings (SSSR count). The Kier molecular flexibility index (Phi) is 4.18. The highest BCUT2D eigenvalue weighted by atomic mass is 16.6. The SMILES string of the molecule is C=C(C)C(=O)OC(C)(C)C1C=C(C)CC(C)C1. The molecule has 0 saturated heterocycles. The van der Waals surface area contributed by atoms with Crippen LogP contribution >= 0.6 is 0 Å². The highest BCUT2D eigenvalue weighted by molar-refractivity contribution is 5.87. The summed E-state index contributed by atoms with van der Waals surface area (Å²) < 4.78 is 5.55. The van der Waals surface area contributed by atoms with E-state index in [2.05, 4.69) is 26.5 Å². The Morgan fingerprint density at radius 1 is 1.53 bits per heavy atom. The maximum atomic E-state index is 11.6. The van der Waals surface area contributed by atoms with Gasteiger partial charge in [-0.05, 0) is 46.5 Å². The zero-order valence-corrected chi connectivity index (χ0v) is 11.7. The molecule has 1 aliphatic rings. The van der Waals surface area contributed by atoms with Gasteiger partial charge in [-0.1, -0.05) is 25.2 Å². The van der Waals surface area contributed by atoms with Crippen LogP contribution in [0.25, 0.3) is 0 Å². The van der Waals surface area contributed by atoms with E-state index in [1.54, 1.807) is 6.92 Å². The second kappa shape index (κ2) is 5.07. The fourth-order valence-corrected chi connectivity index (χ4v) is 2.43. The van der Waals surface area contributed by atoms with E-state index in [9.17, 15) is 4.79 Å². The Morgan fingerprint density at radius 2 is 2.12 bits per heavy atom. The standard InChI is InChI=1S/C15H24O2/c1-10(2)14(16)17-15(5,6)13-8-11(3)7-12(4)9-13/h8,12-13H,1,7,9H2,2-6H3. The minimum absolute atomic E-state index is 0.292. The molecule has 0 spiro atoms. The highest BCUT2D eigenvalue weighted by Gasteiger charge is 2.34. The Bertz CT molecular complexity index is 350. The van der Waals surface area contributed by atoms with Crippen molar-refractivity contribution in [2.45, 2.75) is 53.1 Å². The highest BCUT2D eigenvalue weighted by Crippen LogP contribution is 2.36. The smallest absolute Gasteiger partial charge is 0.333 e. The maximum absolute atomic E-state index is 11.6. The van der Waals surface area contributed by atoms with Crippen LogP contribution in [-0.2, 0) is 9.53 Å². The lowest BCUT2D eigenvalue weighted by molar-refractivity contribution is -0.155. The molecule has 96 valence electrons. The first-order chi connectivity index (χ1) is 7.72. The van der Waals surface area contributed by atoms with Gasteiger partial charge in [0, 0.05) is 11.5 Å². The lowest BCUT2D eigenvalue weighted by Crippen LogP contribution is -2.38. The summed E-state index contributed by atoms with van der Waals surface area (Å²) in [7, 11) is 0. The van der Waals surface area contributed by atoms with Gasteiger partial charge in [0.05, 0.1) is 0 Å². The number of allylic oxidation sites excluding steroid dienone is 1. The molecule has 2 atom stereocenters. The molecule has 0 radical (unpaired) electrons. The average Bonchev–Trinajstić information content (AvgIpc) is 2.15. The summed E-state index contributed by atoms with van der Waals surface area (Å²) in [6, 6.07) is 0. The van der Waals surface area contributed by atoms with E-state index in [-0.39, 0.29) is 5.97 Å². The molecule has 0 amide bonds. The molecule has 1 aliphatic carbocycles. The summed E-state index contributed by atoms with van der Waals surface area (Å²) in [5, 5.41) is 0. The van der Waals surface area contributed by atoms with E-state index in [0.29, 0.717) is 17.4 Å². The Morgan fingerprint density at radius 3 is 2.59 bits per heavy atom. The van der Waals surface area contributed by atoms with Crippen LogP contribution in [0.2, 0.25) is 0 Å². The largest absolute Gasteiger partial charge is 0.456 e. The first kappa shape index (κ1) is 14.0. The van der Waals surface area contributed by atoms with E-state index in [4.69, 9.17) is 4.74 Å². The van der Waals surface area contributed by atoms with Crippen molar-refractivity contribution in [3.63, 3.8) is 0 Å². The topological polar surface area (TPSA) is 26.3 Å². The monoisotopic (exact) mass is 236 g/mol. The minimum Gasteiger partial charge on any atom is -0.456 e. The van der Waals surface area contributed by atoms with Crippen LogP contribution in [0.15, 0.2) is 23.8 Å². The van der Waals surface area contributed by atoms with Gasteiger partial charge >= 0.3 is 5.97 Å². The van der Waals surface area contributed by atoms with Crippen molar-refractivity contribution in [3.05, 3.63) is 23.8 Å². The van der Waals surface area contributed by atoms with Crippen LogP contribution in [-0.4, -0.2) is 11.6 Å². The van der Waals surface area contributed by atoms with Gasteiger partial charge in [-0.15, -0.1) is 0 Å². The van der Waals surface area contributed by atoms with Gasteiger partial charge in [0.15, 0.2) is 0 Å². The van der Waals surface area contributed by atoms with Gasteiger partial charge in [0.2, 0.25) is 0 Å². The van der Waals surface area contributed by atoms with Crippen molar-refractivity contribution in [1.29, 1.82) is 0 Å². The molecule has 0 aliphatic heterocycles. The van der Waals surface area contributed by atoms with Gasteiger partial charge in [-0.25, -0.2) is 4.79 Å². The summed E-state index contributed by atoms with van der Waals surface area (Å²) in [6.45, 7) is 13.7. The number of carbonyl (C=O) groups is 1. The first-order valence-electron chi connectivity index (χ1n) is 6.28. The van der Waals surface area contributed by atoms with E-state index in [0.717, 1.165) is 12.8 Å². The average molecular weight is 236 g/mol. The fourth-order valence-electron chi connectivity index (χ4n) is 2.43. The zero-order chi connectivity index (χ0) is 13.2. The molecular weight excluding hydrogens is 212 g/mol. The molecule has 2 heteroatoms. The molecule has 0 heterocycles. The lowest BCUT2D eigenvalue weighted by atomic mass is 9.76. The number of carbonyl (C=O) groups excluding carboxylic acids is 1. The number of rotatable bonds is 3. The molecule has 0 fully saturated rings. The molecule has 2 nitrogen and oxygen atoms in total. The van der Waals surface area contributed by atoms with Gasteiger partial charge < -0.3 is 4.74 Å². The van der Waals surface area contributed by atoms with E-state index in [1.165, 1.54) is 5.57 Å². The summed E-state index contributed by atoms with van der Waals surface area (Å²) in [5.74, 6) is 0.668. The number of hydrogen-bond acceptors (Lipinski definition) is 2. The molecular formula is C15H24O2. The molecule has 0 saturated carbocycles. The Hall–Kier alpha value is -1.05. The summed E-state index contributed by atoms with van der Waals surface area (Å²) in [4.78, 5) is 11.6. The predicted molar refractivity (Wildman–Crippen MR) is 70.6 cm³/mol. The predicted octanol–water partition coefficient (Wildman–Crippen LogP) is 3.88. The molecule has 0 aromatic rings. The van der Waals surface area contributed by atoms with Gasteiger partial charge in [-0.3, -0.25) is 0 Å². The minimum atomic E-state index is -0.452. The second-order valence-corrected chi connectivity index (χ2v) is 5.94. The van der Waals surface area contributed by atoms with Gasteiger partial charge in [0.25, 0.3) is 0 Å².